The van der Waals surface area contributed by atoms with Gasteiger partial charge in [-0.1, -0.05) is 23.7 Å². The molecule has 0 radical (unpaired) electrons. The van der Waals surface area contributed by atoms with E-state index in [0.29, 0.717) is 17.5 Å². The molecule has 2 atom stereocenters. The Morgan fingerprint density at radius 2 is 2.21 bits per heavy atom. The van der Waals surface area contributed by atoms with E-state index < -0.39 is 0 Å². The fourth-order valence-electron chi connectivity index (χ4n) is 3.11. The molecule has 8 heteroatoms. The van der Waals surface area contributed by atoms with Crippen molar-refractivity contribution in [2.24, 2.45) is 4.99 Å². The number of aromatic nitrogens is 1. The Labute approximate surface area is 169 Å². The number of hydrogen-bond donors (Lipinski definition) is 2. The number of aliphatic imine (C=N–C) groups is 1. The van der Waals surface area contributed by atoms with Crippen molar-refractivity contribution in [3.8, 4) is 5.75 Å². The summed E-state index contributed by atoms with van der Waals surface area (Å²) in [5, 5.41) is 7.30. The summed E-state index contributed by atoms with van der Waals surface area (Å²) in [5.41, 5.74) is 0. The highest BCUT2D eigenvalue weighted by Crippen LogP contribution is 2.25. The number of ether oxygens (including phenoxy) is 1. The zero-order valence-electron chi connectivity index (χ0n) is 16.0. The molecule has 1 aromatic heterocycles. The molecule has 1 saturated heterocycles. The zero-order chi connectivity index (χ0) is 19.9. The minimum atomic E-state index is -0.365. The van der Waals surface area contributed by atoms with E-state index in [2.05, 4.69) is 25.5 Å². The average Bonchev–Trinajstić information content (AvgIpc) is 3.15. The molecule has 0 amide bonds. The van der Waals surface area contributed by atoms with E-state index in [1.165, 1.54) is 6.07 Å². The summed E-state index contributed by atoms with van der Waals surface area (Å²) in [7, 11) is 1.72. The molecule has 0 spiro atoms. The van der Waals surface area contributed by atoms with Crippen molar-refractivity contribution in [2.75, 3.05) is 31.6 Å². The van der Waals surface area contributed by atoms with Crippen LogP contribution in [0.2, 0.25) is 5.02 Å². The number of anilines is 1. The van der Waals surface area contributed by atoms with Crippen LogP contribution in [0.4, 0.5) is 10.2 Å². The van der Waals surface area contributed by atoms with Crippen LogP contribution in [0.1, 0.15) is 13.3 Å². The highest BCUT2D eigenvalue weighted by molar-refractivity contribution is 6.32. The van der Waals surface area contributed by atoms with Crippen molar-refractivity contribution in [3.05, 3.63) is 53.4 Å². The summed E-state index contributed by atoms with van der Waals surface area (Å²) in [6, 6.07) is 10.3. The molecule has 1 aromatic carbocycles. The van der Waals surface area contributed by atoms with Gasteiger partial charge in [-0.2, -0.15) is 0 Å². The van der Waals surface area contributed by atoms with Crippen molar-refractivity contribution < 1.29 is 9.13 Å². The van der Waals surface area contributed by atoms with E-state index in [1.807, 2.05) is 19.1 Å². The maximum atomic E-state index is 13.7. The summed E-state index contributed by atoms with van der Waals surface area (Å²) < 4.78 is 19.3. The first kappa shape index (κ1) is 20.2. The summed E-state index contributed by atoms with van der Waals surface area (Å²) in [4.78, 5) is 10.8. The number of halogens is 2. The third-order valence-corrected chi connectivity index (χ3v) is 4.81. The van der Waals surface area contributed by atoms with Gasteiger partial charge in [-0.15, -0.1) is 0 Å². The summed E-state index contributed by atoms with van der Waals surface area (Å²) in [6.45, 7) is 4.04. The Bertz CT molecular complexity index is 819. The van der Waals surface area contributed by atoms with Crippen LogP contribution in [-0.4, -0.2) is 49.8 Å². The predicted molar refractivity (Wildman–Crippen MR) is 111 cm³/mol. The number of para-hydroxylation sites is 1. The second-order valence-corrected chi connectivity index (χ2v) is 7.10. The zero-order valence-corrected chi connectivity index (χ0v) is 16.8. The molecule has 1 aliphatic rings. The van der Waals surface area contributed by atoms with Gasteiger partial charge in [-0.25, -0.2) is 9.37 Å². The second kappa shape index (κ2) is 9.59. The highest BCUT2D eigenvalue weighted by Gasteiger charge is 2.25. The predicted octanol–water partition coefficient (Wildman–Crippen LogP) is 3.09. The first-order chi connectivity index (χ1) is 13.6. The van der Waals surface area contributed by atoms with Crippen molar-refractivity contribution in [1.82, 2.24) is 15.6 Å². The summed E-state index contributed by atoms with van der Waals surface area (Å²) >= 11 is 6.25. The third-order valence-electron chi connectivity index (χ3n) is 4.51. The Morgan fingerprint density at radius 3 is 2.96 bits per heavy atom. The van der Waals surface area contributed by atoms with Gasteiger partial charge in [-0.05, 0) is 37.6 Å². The lowest BCUT2D eigenvalue weighted by Gasteiger charge is -2.21. The lowest BCUT2D eigenvalue weighted by Crippen LogP contribution is -2.47. The fraction of sp³-hybridized carbons (Fsp3) is 0.400. The van der Waals surface area contributed by atoms with Crippen molar-refractivity contribution in [1.29, 1.82) is 0 Å². The van der Waals surface area contributed by atoms with E-state index in [4.69, 9.17) is 16.3 Å². The monoisotopic (exact) mass is 405 g/mol. The summed E-state index contributed by atoms with van der Waals surface area (Å²) in [5.74, 6) is 1.38. The van der Waals surface area contributed by atoms with E-state index in [1.54, 1.807) is 31.4 Å². The highest BCUT2D eigenvalue weighted by atomic mass is 35.5. The molecule has 1 fully saturated rings. The molecule has 150 valence electrons. The van der Waals surface area contributed by atoms with Gasteiger partial charge in [0.15, 0.2) is 17.5 Å². The van der Waals surface area contributed by atoms with Crippen LogP contribution in [0.3, 0.4) is 0 Å². The minimum absolute atomic E-state index is 0.220. The van der Waals surface area contributed by atoms with Gasteiger partial charge in [0, 0.05) is 32.4 Å². The Morgan fingerprint density at radius 1 is 1.39 bits per heavy atom. The lowest BCUT2D eigenvalue weighted by atomic mass is 10.3. The summed E-state index contributed by atoms with van der Waals surface area (Å²) in [6.07, 6.45) is 2.48. The molecule has 28 heavy (non-hydrogen) atoms. The molecule has 6 nitrogen and oxygen atoms in total. The van der Waals surface area contributed by atoms with Crippen LogP contribution in [0.5, 0.6) is 5.75 Å². The molecular formula is C20H25ClFN5O. The van der Waals surface area contributed by atoms with Crippen LogP contribution in [-0.2, 0) is 0 Å². The Balaban J connectivity index is 1.47. The largest absolute Gasteiger partial charge is 0.486 e. The quantitative estimate of drug-likeness (QED) is 0.571. The minimum Gasteiger partial charge on any atom is -0.486 e. The van der Waals surface area contributed by atoms with E-state index >= 15 is 0 Å². The number of benzene rings is 1. The lowest BCUT2D eigenvalue weighted by molar-refractivity contribution is 0.214. The third kappa shape index (κ3) is 5.25. The standard InChI is InChI=1S/C20H25ClFN5O/c1-14(28-18-8-4-3-7-17(18)22)12-25-20(23-2)26-15-9-11-27(13-15)19-16(21)6-5-10-24-19/h3-8,10,14-15H,9,11-13H2,1-2H3,(H2,23,25,26). The number of hydrogen-bond acceptors (Lipinski definition) is 4. The molecule has 0 saturated carbocycles. The van der Waals surface area contributed by atoms with Crippen LogP contribution in [0.15, 0.2) is 47.6 Å². The molecule has 1 aliphatic heterocycles. The maximum absolute atomic E-state index is 13.7. The first-order valence-electron chi connectivity index (χ1n) is 9.30. The molecule has 2 aromatic rings. The van der Waals surface area contributed by atoms with Crippen molar-refractivity contribution in [2.45, 2.75) is 25.5 Å². The molecule has 2 unspecified atom stereocenters. The SMILES string of the molecule is CN=C(NCC(C)Oc1ccccc1F)NC1CCN(c2ncccc2Cl)C1. The van der Waals surface area contributed by atoms with Gasteiger partial charge in [-0.3, -0.25) is 4.99 Å². The van der Waals surface area contributed by atoms with Gasteiger partial charge in [0.1, 0.15) is 11.9 Å². The van der Waals surface area contributed by atoms with E-state index in [9.17, 15) is 4.39 Å². The molecule has 0 bridgehead atoms. The Kier molecular flexibility index (Phi) is 6.92. The van der Waals surface area contributed by atoms with Crippen LogP contribution in [0.25, 0.3) is 0 Å². The number of nitrogens with one attached hydrogen (secondary N) is 2. The number of guanidine groups is 1. The van der Waals surface area contributed by atoms with Crippen LogP contribution in [0, 0.1) is 5.82 Å². The van der Waals surface area contributed by atoms with Crippen molar-refractivity contribution >= 4 is 23.4 Å². The normalized spacial score (nSPS) is 18.1. The van der Waals surface area contributed by atoms with Gasteiger partial charge in [0.25, 0.3) is 0 Å². The molecule has 2 heterocycles. The van der Waals surface area contributed by atoms with Gasteiger partial charge in [0.05, 0.1) is 11.6 Å². The van der Waals surface area contributed by atoms with Gasteiger partial charge in [0.2, 0.25) is 0 Å². The van der Waals surface area contributed by atoms with Crippen LogP contribution < -0.4 is 20.3 Å². The second-order valence-electron chi connectivity index (χ2n) is 6.70. The maximum Gasteiger partial charge on any atom is 0.191 e. The fourth-order valence-corrected chi connectivity index (χ4v) is 3.35. The smallest absolute Gasteiger partial charge is 0.191 e. The van der Waals surface area contributed by atoms with Gasteiger partial charge < -0.3 is 20.3 Å². The average molecular weight is 406 g/mol. The van der Waals surface area contributed by atoms with Crippen LogP contribution >= 0.6 is 11.6 Å². The van der Waals surface area contributed by atoms with E-state index in [-0.39, 0.29) is 23.7 Å². The molecule has 2 N–H and O–H groups in total. The number of pyridine rings is 1. The van der Waals surface area contributed by atoms with Crippen molar-refractivity contribution in [3.63, 3.8) is 0 Å². The topological polar surface area (TPSA) is 61.8 Å². The number of rotatable bonds is 6. The first-order valence-corrected chi connectivity index (χ1v) is 9.68. The molecule has 0 aliphatic carbocycles. The molecule has 3 rings (SSSR count). The number of nitrogens with zero attached hydrogens (tertiary/aromatic N) is 3. The Hall–Kier alpha value is -2.54. The van der Waals surface area contributed by atoms with E-state index in [0.717, 1.165) is 25.3 Å². The van der Waals surface area contributed by atoms with Gasteiger partial charge >= 0.3 is 0 Å². The molecular weight excluding hydrogens is 381 g/mol.